The molecule has 1 aromatic rings. The Morgan fingerprint density at radius 3 is 2.41 bits per heavy atom. The van der Waals surface area contributed by atoms with E-state index in [0.717, 1.165) is 4.90 Å². The molecule has 6 heteroatoms. The lowest BCUT2D eigenvalue weighted by Gasteiger charge is -2.34. The summed E-state index contributed by atoms with van der Waals surface area (Å²) in [6.45, 7) is 6.45. The quantitative estimate of drug-likeness (QED) is 0.799. The monoisotopic (exact) mass is 322 g/mol. The van der Waals surface area contributed by atoms with Gasteiger partial charge in [-0.1, -0.05) is 18.2 Å². The van der Waals surface area contributed by atoms with Gasteiger partial charge in [-0.3, -0.25) is 4.79 Å². The van der Waals surface area contributed by atoms with Gasteiger partial charge in [-0.2, -0.15) is 0 Å². The third kappa shape index (κ3) is 4.40. The smallest absolute Gasteiger partial charge is 0.409 e. The lowest BCUT2D eigenvalue weighted by atomic mass is 10.2. The number of nitrogens with zero attached hydrogens (tertiary/aromatic N) is 2. The molecule has 22 heavy (non-hydrogen) atoms. The number of ether oxygens (including phenoxy) is 1. The summed E-state index contributed by atoms with van der Waals surface area (Å²) in [6.07, 6.45) is -0.288. The Balaban J connectivity index is 1.78. The second-order valence-electron chi connectivity index (χ2n) is 5.12. The fourth-order valence-corrected chi connectivity index (χ4v) is 3.23. The highest BCUT2D eigenvalue weighted by Gasteiger charge is 2.24. The van der Waals surface area contributed by atoms with Gasteiger partial charge in [0.2, 0.25) is 5.91 Å². The third-order valence-corrected chi connectivity index (χ3v) is 4.76. The van der Waals surface area contributed by atoms with Crippen LogP contribution in [-0.2, 0) is 9.53 Å². The first-order valence-corrected chi connectivity index (χ1v) is 8.48. The summed E-state index contributed by atoms with van der Waals surface area (Å²) >= 11 is 1.57. The van der Waals surface area contributed by atoms with Crippen molar-refractivity contribution >= 4 is 23.8 Å². The molecule has 2 rings (SSSR count). The molecule has 0 aliphatic carbocycles. The molecule has 0 spiro atoms. The third-order valence-electron chi connectivity index (χ3n) is 3.60. The van der Waals surface area contributed by atoms with Gasteiger partial charge in [0.15, 0.2) is 0 Å². The second kappa shape index (κ2) is 8.08. The Kier molecular flexibility index (Phi) is 6.12. The highest BCUT2D eigenvalue weighted by molar-refractivity contribution is 8.00. The van der Waals surface area contributed by atoms with Gasteiger partial charge in [0.1, 0.15) is 0 Å². The van der Waals surface area contributed by atoms with Gasteiger partial charge in [-0.05, 0) is 25.5 Å². The molecule has 1 aromatic carbocycles. The number of piperazine rings is 1. The van der Waals surface area contributed by atoms with Gasteiger partial charge in [-0.25, -0.2) is 4.79 Å². The molecule has 1 saturated heterocycles. The van der Waals surface area contributed by atoms with Crippen LogP contribution >= 0.6 is 11.8 Å². The average Bonchev–Trinajstić information content (AvgIpc) is 2.54. The standard InChI is InChI=1S/C16H22N2O3S/c1-3-21-16(20)18-10-8-17(9-11-18)15(19)12-22-14-7-5-4-6-13(14)2/h4-7H,3,8-12H2,1-2H3. The van der Waals surface area contributed by atoms with Gasteiger partial charge in [0.25, 0.3) is 0 Å². The fourth-order valence-electron chi connectivity index (χ4n) is 2.30. The number of hydrogen-bond acceptors (Lipinski definition) is 4. The predicted molar refractivity (Wildman–Crippen MR) is 87.1 cm³/mol. The van der Waals surface area contributed by atoms with Gasteiger partial charge < -0.3 is 14.5 Å². The van der Waals surface area contributed by atoms with Crippen molar-refractivity contribution in [2.24, 2.45) is 0 Å². The lowest BCUT2D eigenvalue weighted by molar-refractivity contribution is -0.129. The Hall–Kier alpha value is -1.69. The summed E-state index contributed by atoms with van der Waals surface area (Å²) in [6, 6.07) is 8.06. The molecule has 1 heterocycles. The summed E-state index contributed by atoms with van der Waals surface area (Å²) < 4.78 is 4.98. The number of thioether (sulfide) groups is 1. The maximum Gasteiger partial charge on any atom is 0.409 e. The van der Waals surface area contributed by atoms with Crippen molar-refractivity contribution in [3.05, 3.63) is 29.8 Å². The number of carbonyl (C=O) groups excluding carboxylic acids is 2. The maximum absolute atomic E-state index is 12.3. The highest BCUT2D eigenvalue weighted by Crippen LogP contribution is 2.22. The van der Waals surface area contributed by atoms with E-state index >= 15 is 0 Å². The van der Waals surface area contributed by atoms with Crippen LogP contribution in [0.25, 0.3) is 0 Å². The molecule has 0 saturated carbocycles. The molecule has 5 nitrogen and oxygen atoms in total. The van der Waals surface area contributed by atoms with Crippen LogP contribution < -0.4 is 0 Å². The Labute approximate surface area is 135 Å². The van der Waals surface area contributed by atoms with E-state index in [-0.39, 0.29) is 12.0 Å². The summed E-state index contributed by atoms with van der Waals surface area (Å²) in [7, 11) is 0. The molecule has 1 aliphatic rings. The van der Waals surface area contributed by atoms with E-state index in [1.807, 2.05) is 36.1 Å². The van der Waals surface area contributed by atoms with Gasteiger partial charge in [-0.15, -0.1) is 11.8 Å². The zero-order valence-electron chi connectivity index (χ0n) is 13.1. The number of aryl methyl sites for hydroxylation is 1. The van der Waals surface area contributed by atoms with Crippen LogP contribution in [0.5, 0.6) is 0 Å². The van der Waals surface area contributed by atoms with Gasteiger partial charge in [0, 0.05) is 31.1 Å². The van der Waals surface area contributed by atoms with Crippen molar-refractivity contribution in [3.8, 4) is 0 Å². The van der Waals surface area contributed by atoms with E-state index in [9.17, 15) is 9.59 Å². The van der Waals surface area contributed by atoms with Crippen LogP contribution in [0, 0.1) is 6.92 Å². The number of benzene rings is 1. The van der Waals surface area contributed by atoms with Crippen molar-refractivity contribution in [2.75, 3.05) is 38.5 Å². The van der Waals surface area contributed by atoms with Crippen LogP contribution in [0.4, 0.5) is 4.79 Å². The van der Waals surface area contributed by atoms with E-state index in [1.165, 1.54) is 5.56 Å². The van der Waals surface area contributed by atoms with E-state index in [1.54, 1.807) is 23.6 Å². The van der Waals surface area contributed by atoms with Crippen molar-refractivity contribution in [3.63, 3.8) is 0 Å². The minimum atomic E-state index is -0.288. The molecular weight excluding hydrogens is 300 g/mol. The van der Waals surface area contributed by atoms with Crippen LogP contribution in [0.15, 0.2) is 29.2 Å². The van der Waals surface area contributed by atoms with Gasteiger partial charge in [0.05, 0.1) is 12.4 Å². The van der Waals surface area contributed by atoms with E-state index in [4.69, 9.17) is 4.74 Å². The minimum absolute atomic E-state index is 0.122. The van der Waals surface area contributed by atoms with E-state index in [2.05, 4.69) is 0 Å². The first-order chi connectivity index (χ1) is 10.6. The van der Waals surface area contributed by atoms with Crippen molar-refractivity contribution in [1.82, 2.24) is 9.80 Å². The molecule has 1 aliphatic heterocycles. The van der Waals surface area contributed by atoms with Crippen molar-refractivity contribution < 1.29 is 14.3 Å². The summed E-state index contributed by atoms with van der Waals surface area (Å²) in [5, 5.41) is 0. The zero-order valence-corrected chi connectivity index (χ0v) is 13.9. The minimum Gasteiger partial charge on any atom is -0.450 e. The summed E-state index contributed by atoms with van der Waals surface area (Å²) in [4.78, 5) is 28.5. The molecule has 0 aromatic heterocycles. The Bertz CT molecular complexity index is 528. The van der Waals surface area contributed by atoms with Crippen molar-refractivity contribution in [1.29, 1.82) is 0 Å². The topological polar surface area (TPSA) is 49.9 Å². The molecule has 0 bridgehead atoms. The first-order valence-electron chi connectivity index (χ1n) is 7.49. The van der Waals surface area contributed by atoms with Crippen molar-refractivity contribution in [2.45, 2.75) is 18.7 Å². The number of hydrogen-bond donors (Lipinski definition) is 0. The zero-order chi connectivity index (χ0) is 15.9. The first kappa shape index (κ1) is 16.7. The number of carbonyl (C=O) groups is 2. The van der Waals surface area contributed by atoms with Crippen LogP contribution in [0.3, 0.4) is 0 Å². The maximum atomic E-state index is 12.3. The van der Waals surface area contributed by atoms with Crippen LogP contribution in [-0.4, -0.2) is 60.3 Å². The second-order valence-corrected chi connectivity index (χ2v) is 6.14. The lowest BCUT2D eigenvalue weighted by Crippen LogP contribution is -2.51. The number of rotatable bonds is 4. The molecule has 0 atom stereocenters. The Morgan fingerprint density at radius 1 is 1.14 bits per heavy atom. The highest BCUT2D eigenvalue weighted by atomic mass is 32.2. The summed E-state index contributed by atoms with van der Waals surface area (Å²) in [5.74, 6) is 0.557. The number of amides is 2. The largest absolute Gasteiger partial charge is 0.450 e. The normalized spacial score (nSPS) is 14.8. The fraction of sp³-hybridized carbons (Fsp3) is 0.500. The molecule has 2 amide bonds. The molecule has 1 fully saturated rings. The van der Waals surface area contributed by atoms with Crippen LogP contribution in [0.2, 0.25) is 0 Å². The molecular formula is C16H22N2O3S. The molecule has 0 radical (unpaired) electrons. The molecule has 0 N–H and O–H groups in total. The SMILES string of the molecule is CCOC(=O)N1CCN(C(=O)CSc2ccccc2C)CC1. The predicted octanol–water partition coefficient (Wildman–Crippen LogP) is 2.39. The molecule has 120 valence electrons. The summed E-state index contributed by atoms with van der Waals surface area (Å²) in [5.41, 5.74) is 1.19. The van der Waals surface area contributed by atoms with Crippen LogP contribution in [0.1, 0.15) is 12.5 Å². The Morgan fingerprint density at radius 2 is 1.77 bits per heavy atom. The molecule has 0 unspecified atom stereocenters. The van der Waals surface area contributed by atoms with Gasteiger partial charge >= 0.3 is 6.09 Å². The van der Waals surface area contributed by atoms with E-state index < -0.39 is 0 Å². The average molecular weight is 322 g/mol. The van der Waals surface area contributed by atoms with E-state index in [0.29, 0.717) is 38.5 Å².